The third-order valence-electron chi connectivity index (χ3n) is 5.70. The van der Waals surface area contributed by atoms with Crippen molar-refractivity contribution in [1.29, 1.82) is 5.41 Å². The summed E-state index contributed by atoms with van der Waals surface area (Å²) in [4.78, 5) is 23.4. The minimum Gasteiger partial charge on any atom is -0.481 e. The van der Waals surface area contributed by atoms with Crippen molar-refractivity contribution in [1.82, 2.24) is 5.32 Å². The predicted molar refractivity (Wildman–Crippen MR) is 152 cm³/mol. The zero-order valence-electron chi connectivity index (χ0n) is 21.0. The van der Waals surface area contributed by atoms with Crippen LogP contribution >= 0.6 is 23.1 Å². The maximum Gasteiger partial charge on any atom is 0.319 e. The number of hydrogen-bond donors (Lipinski definition) is 5. The molecule has 38 heavy (non-hydrogen) atoms. The lowest BCUT2D eigenvalue weighted by molar-refractivity contribution is -0.137. The van der Waals surface area contributed by atoms with E-state index in [4.69, 9.17) is 16.2 Å². The summed E-state index contributed by atoms with van der Waals surface area (Å²) >= 11 is 2.48. The average molecular weight is 575 g/mol. The van der Waals surface area contributed by atoms with Gasteiger partial charge in [-0.3, -0.25) is 10.2 Å². The summed E-state index contributed by atoms with van der Waals surface area (Å²) in [5, 5.41) is 21.9. The number of urea groups is 1. The molecule has 2 amide bonds. The van der Waals surface area contributed by atoms with Crippen LogP contribution in [0, 0.1) is 12.3 Å². The number of nitrogens with one attached hydrogen (secondary N) is 3. The van der Waals surface area contributed by atoms with Gasteiger partial charge in [0.15, 0.2) is 0 Å². The first kappa shape index (κ1) is 29.2. The van der Waals surface area contributed by atoms with Crippen LogP contribution in [0.5, 0.6) is 0 Å². The highest BCUT2D eigenvalue weighted by molar-refractivity contribution is 8.01. The second-order valence-corrected chi connectivity index (χ2v) is 12.6. The van der Waals surface area contributed by atoms with Crippen LogP contribution in [0.15, 0.2) is 62.5 Å². The van der Waals surface area contributed by atoms with E-state index in [-0.39, 0.29) is 28.1 Å². The average Bonchev–Trinajstić information content (AvgIpc) is 3.32. The van der Waals surface area contributed by atoms with Crippen molar-refractivity contribution in [2.45, 2.75) is 46.6 Å². The van der Waals surface area contributed by atoms with E-state index in [1.54, 1.807) is 30.5 Å². The van der Waals surface area contributed by atoms with Crippen LogP contribution in [0.2, 0.25) is 0 Å². The number of sulfone groups is 1. The van der Waals surface area contributed by atoms with Crippen molar-refractivity contribution >= 4 is 56.5 Å². The number of carboxylic acids is 1. The van der Waals surface area contributed by atoms with Crippen LogP contribution in [-0.2, 0) is 14.6 Å². The number of unbranched alkanes of at least 4 members (excludes halogenated alkanes) is 2. The third kappa shape index (κ3) is 7.36. The number of carboxylic acid groups (broad SMARTS) is 1. The molecule has 0 spiro atoms. The molecule has 3 aromatic rings. The van der Waals surface area contributed by atoms with E-state index in [1.807, 2.05) is 25.1 Å². The van der Waals surface area contributed by atoms with Gasteiger partial charge in [-0.05, 0) is 73.0 Å². The maximum absolute atomic E-state index is 13.5. The molecule has 6 N–H and O–H groups in total. The van der Waals surface area contributed by atoms with Gasteiger partial charge in [-0.1, -0.05) is 24.6 Å². The molecule has 9 nitrogen and oxygen atoms in total. The summed E-state index contributed by atoms with van der Waals surface area (Å²) in [7, 11) is -3.84. The van der Waals surface area contributed by atoms with E-state index >= 15 is 0 Å². The number of carbonyl (C=O) groups is 2. The van der Waals surface area contributed by atoms with Gasteiger partial charge in [0.25, 0.3) is 0 Å². The molecule has 0 saturated heterocycles. The summed E-state index contributed by atoms with van der Waals surface area (Å²) in [5.41, 5.74) is 8.57. The van der Waals surface area contributed by atoms with E-state index in [9.17, 15) is 18.0 Å². The van der Waals surface area contributed by atoms with Gasteiger partial charge in [0.2, 0.25) is 9.84 Å². The van der Waals surface area contributed by atoms with Crippen LogP contribution in [0.3, 0.4) is 0 Å². The SMILES string of the molecule is CSc1sc(C(=N)N)cc1S(=O)(=O)c1cccc(-c2ccc(NC(=O)NCCCCCC(=O)O)cc2C)c1. The van der Waals surface area contributed by atoms with Gasteiger partial charge in [-0.2, -0.15) is 0 Å². The van der Waals surface area contributed by atoms with Crippen molar-refractivity contribution in [3.63, 3.8) is 0 Å². The molecule has 2 aromatic carbocycles. The van der Waals surface area contributed by atoms with E-state index in [0.717, 1.165) is 17.5 Å². The molecule has 0 saturated carbocycles. The fourth-order valence-electron chi connectivity index (χ4n) is 3.80. The van der Waals surface area contributed by atoms with Gasteiger partial charge in [-0.25, -0.2) is 13.2 Å². The van der Waals surface area contributed by atoms with Gasteiger partial charge >= 0.3 is 12.0 Å². The number of thiophene rings is 1. The van der Waals surface area contributed by atoms with Gasteiger partial charge < -0.3 is 21.5 Å². The Morgan fingerprint density at radius 2 is 1.87 bits per heavy atom. The number of benzene rings is 2. The van der Waals surface area contributed by atoms with E-state index in [2.05, 4.69) is 10.6 Å². The molecule has 202 valence electrons. The number of hydrogen-bond acceptors (Lipinski definition) is 7. The first-order valence-electron chi connectivity index (χ1n) is 11.8. The summed E-state index contributed by atoms with van der Waals surface area (Å²) in [6, 6.07) is 13.2. The van der Waals surface area contributed by atoms with Gasteiger partial charge in [0, 0.05) is 18.7 Å². The monoisotopic (exact) mass is 574 g/mol. The molecule has 0 unspecified atom stereocenters. The lowest BCUT2D eigenvalue weighted by atomic mass is 10.00. The van der Waals surface area contributed by atoms with Gasteiger partial charge in [0.1, 0.15) is 5.84 Å². The number of nitrogen functional groups attached to an aromatic ring is 1. The van der Waals surface area contributed by atoms with Crippen molar-refractivity contribution in [3.05, 3.63) is 59.0 Å². The lowest BCUT2D eigenvalue weighted by Crippen LogP contribution is -2.29. The largest absolute Gasteiger partial charge is 0.481 e. The van der Waals surface area contributed by atoms with E-state index in [1.165, 1.54) is 29.2 Å². The molecule has 0 atom stereocenters. The minimum atomic E-state index is -3.84. The highest BCUT2D eigenvalue weighted by Crippen LogP contribution is 2.38. The molecule has 12 heteroatoms. The van der Waals surface area contributed by atoms with Crippen molar-refractivity contribution < 1.29 is 23.1 Å². The second-order valence-electron chi connectivity index (χ2n) is 8.53. The number of aryl methyl sites for hydroxylation is 1. The standard InChI is InChI=1S/C26H30N4O5S3/c1-16-13-18(30-26(33)29-12-5-3-4-9-23(31)32)10-11-20(16)17-7-6-8-19(14-17)38(34,35)22-15-21(24(27)28)37-25(22)36-2/h6-8,10-11,13-15H,3-5,9,12H2,1-2H3,(H3,27,28)(H,31,32)(H2,29,30,33). The number of aliphatic carboxylic acids is 1. The number of anilines is 1. The topological polar surface area (TPSA) is 162 Å². The Hall–Kier alpha value is -3.35. The summed E-state index contributed by atoms with van der Waals surface area (Å²) < 4.78 is 27.5. The van der Waals surface area contributed by atoms with E-state index < -0.39 is 15.8 Å². The second kappa shape index (κ2) is 12.9. The number of amides is 2. The number of rotatable bonds is 12. The predicted octanol–water partition coefficient (Wildman–Crippen LogP) is 5.33. The molecule has 0 bridgehead atoms. The first-order chi connectivity index (χ1) is 18.0. The van der Waals surface area contributed by atoms with Crippen LogP contribution < -0.4 is 16.4 Å². The Balaban J connectivity index is 1.73. The fraction of sp³-hybridized carbons (Fsp3) is 0.269. The Kier molecular flexibility index (Phi) is 9.95. The quantitative estimate of drug-likeness (QED) is 0.0845. The summed E-state index contributed by atoms with van der Waals surface area (Å²) in [6.45, 7) is 2.33. The number of amidine groups is 1. The number of carbonyl (C=O) groups excluding carboxylic acids is 1. The van der Waals surface area contributed by atoms with Crippen LogP contribution in [0.4, 0.5) is 10.5 Å². The smallest absolute Gasteiger partial charge is 0.319 e. The number of thioether (sulfide) groups is 1. The van der Waals surface area contributed by atoms with Gasteiger partial charge in [-0.15, -0.1) is 23.1 Å². The molecule has 0 aliphatic heterocycles. The van der Waals surface area contributed by atoms with Crippen LogP contribution in [-0.4, -0.2) is 44.2 Å². The molecule has 0 fully saturated rings. The first-order valence-corrected chi connectivity index (χ1v) is 15.3. The Morgan fingerprint density at radius 1 is 1.11 bits per heavy atom. The molecular formula is C26H30N4O5S3. The highest BCUT2D eigenvalue weighted by Gasteiger charge is 2.25. The van der Waals surface area contributed by atoms with Crippen molar-refractivity contribution in [2.75, 3.05) is 18.1 Å². The third-order valence-corrected chi connectivity index (χ3v) is 10.0. The molecule has 0 aliphatic rings. The zero-order valence-corrected chi connectivity index (χ0v) is 23.5. The maximum atomic E-state index is 13.5. The van der Waals surface area contributed by atoms with Crippen LogP contribution in [0.1, 0.15) is 36.1 Å². The molecule has 0 aliphatic carbocycles. The van der Waals surface area contributed by atoms with E-state index in [0.29, 0.717) is 39.7 Å². The molecule has 1 aromatic heterocycles. The Morgan fingerprint density at radius 3 is 2.53 bits per heavy atom. The Labute approximate surface area is 230 Å². The zero-order chi connectivity index (χ0) is 27.9. The highest BCUT2D eigenvalue weighted by atomic mass is 32.2. The molecule has 0 radical (unpaired) electrons. The fourth-order valence-corrected chi connectivity index (χ4v) is 7.70. The summed E-state index contributed by atoms with van der Waals surface area (Å²) in [6.07, 6.45) is 3.90. The van der Waals surface area contributed by atoms with Crippen molar-refractivity contribution in [2.24, 2.45) is 5.73 Å². The molecular weight excluding hydrogens is 545 g/mol. The molecule has 1 heterocycles. The molecule has 3 rings (SSSR count). The minimum absolute atomic E-state index is 0.125. The number of nitrogens with two attached hydrogens (primary N) is 1. The Bertz CT molecular complexity index is 1450. The van der Waals surface area contributed by atoms with Crippen molar-refractivity contribution in [3.8, 4) is 11.1 Å². The summed E-state index contributed by atoms with van der Waals surface area (Å²) in [5.74, 6) is -0.993. The van der Waals surface area contributed by atoms with Crippen LogP contribution in [0.25, 0.3) is 11.1 Å². The lowest BCUT2D eigenvalue weighted by Gasteiger charge is -2.12. The normalized spacial score (nSPS) is 11.2. The van der Waals surface area contributed by atoms with Gasteiger partial charge in [0.05, 0.1) is 18.9 Å².